The highest BCUT2D eigenvalue weighted by molar-refractivity contribution is 5.88. The van der Waals surface area contributed by atoms with Crippen LogP contribution in [0, 0.1) is 0 Å². The summed E-state index contributed by atoms with van der Waals surface area (Å²) < 4.78 is 1.87. The summed E-state index contributed by atoms with van der Waals surface area (Å²) in [5.74, 6) is 0.422. The summed E-state index contributed by atoms with van der Waals surface area (Å²) in [6, 6.07) is 3.52. The van der Waals surface area contributed by atoms with E-state index in [0.29, 0.717) is 27.0 Å². The van der Waals surface area contributed by atoms with Crippen molar-refractivity contribution in [1.82, 2.24) is 24.0 Å². The van der Waals surface area contributed by atoms with Crippen molar-refractivity contribution < 1.29 is 10.6 Å². The molecule has 0 bridgehead atoms. The standard InChI is InChI=1S/C17H17N5O2.H2O/c1-22(9-2-3-10-22)14-15(23)12-5-4-6-20-16(12)21(17(14)24)13-11-18-7-8-19-13;/h4-8,11H,2-3,9-10H2,1H3;1H2. The Hall–Kier alpha value is -2.84. The Morgan fingerprint density at radius 1 is 1.16 bits per heavy atom. The maximum atomic E-state index is 13.3. The van der Waals surface area contributed by atoms with Crippen LogP contribution in [0.1, 0.15) is 12.8 Å². The quantitative estimate of drug-likeness (QED) is 0.706. The van der Waals surface area contributed by atoms with Gasteiger partial charge in [-0.2, -0.15) is 0 Å². The van der Waals surface area contributed by atoms with Gasteiger partial charge in [-0.3, -0.25) is 14.3 Å². The first kappa shape index (κ1) is 17.0. The molecule has 8 heteroatoms. The predicted octanol–water partition coefficient (Wildman–Crippen LogP) is 1.44. The number of aromatic nitrogens is 4. The van der Waals surface area contributed by atoms with Gasteiger partial charge in [0.1, 0.15) is 0 Å². The van der Waals surface area contributed by atoms with Crippen LogP contribution in [0.5, 0.6) is 5.75 Å². The van der Waals surface area contributed by atoms with Crippen molar-refractivity contribution in [3.63, 3.8) is 0 Å². The molecular weight excluding hydrogens is 322 g/mol. The average molecular weight is 341 g/mol. The Balaban J connectivity index is 0.00000182. The maximum absolute atomic E-state index is 13.3. The van der Waals surface area contributed by atoms with Crippen molar-refractivity contribution in [1.29, 1.82) is 0 Å². The molecule has 3 aromatic rings. The molecule has 4 rings (SSSR count). The van der Waals surface area contributed by atoms with E-state index in [1.54, 1.807) is 24.5 Å². The molecule has 0 unspecified atom stereocenters. The first-order valence-electron chi connectivity index (χ1n) is 7.96. The van der Waals surface area contributed by atoms with Crippen LogP contribution in [0.2, 0.25) is 0 Å². The topological polar surface area (TPSA) is 111 Å². The lowest BCUT2D eigenvalue weighted by atomic mass is 10.2. The minimum Gasteiger partial charge on any atom is -0.870 e. The van der Waals surface area contributed by atoms with Crippen LogP contribution in [0.25, 0.3) is 16.9 Å². The van der Waals surface area contributed by atoms with Gasteiger partial charge in [0.15, 0.2) is 17.2 Å². The smallest absolute Gasteiger partial charge is 0.323 e. The lowest BCUT2D eigenvalue weighted by Crippen LogP contribution is -2.46. The van der Waals surface area contributed by atoms with Crippen LogP contribution in [0.4, 0.5) is 5.69 Å². The zero-order valence-corrected chi connectivity index (χ0v) is 13.8. The number of hydrogen-bond acceptors (Lipinski definition) is 6. The van der Waals surface area contributed by atoms with Crippen molar-refractivity contribution in [2.45, 2.75) is 12.8 Å². The number of likely N-dealkylation sites (tertiary alicyclic amines) is 1. The molecule has 1 fully saturated rings. The zero-order chi connectivity index (χ0) is 16.7. The highest BCUT2D eigenvalue weighted by Crippen LogP contribution is 2.37. The van der Waals surface area contributed by atoms with Gasteiger partial charge in [0.05, 0.1) is 31.7 Å². The normalized spacial score (nSPS) is 15.9. The van der Waals surface area contributed by atoms with Gasteiger partial charge in [-0.25, -0.2) is 14.5 Å². The second-order valence-electron chi connectivity index (χ2n) is 6.33. The van der Waals surface area contributed by atoms with E-state index in [1.165, 1.54) is 17.0 Å². The fraction of sp³-hybridized carbons (Fsp3) is 0.294. The third kappa shape index (κ3) is 2.55. The molecule has 0 aromatic carbocycles. The number of rotatable bonds is 2. The second kappa shape index (κ2) is 6.23. The molecule has 25 heavy (non-hydrogen) atoms. The lowest BCUT2D eigenvalue weighted by molar-refractivity contribution is 0.376. The van der Waals surface area contributed by atoms with Gasteiger partial charge in [-0.05, 0) is 12.1 Å². The largest absolute Gasteiger partial charge is 0.870 e. The lowest BCUT2D eigenvalue weighted by Gasteiger charge is -2.29. The van der Waals surface area contributed by atoms with Crippen molar-refractivity contribution in [2.24, 2.45) is 0 Å². The Bertz CT molecular complexity index is 965. The predicted molar refractivity (Wildman–Crippen MR) is 93.2 cm³/mol. The molecule has 1 aliphatic heterocycles. The molecule has 0 aliphatic carbocycles. The molecule has 130 valence electrons. The van der Waals surface area contributed by atoms with Gasteiger partial charge in [-0.1, -0.05) is 0 Å². The number of quaternary nitrogens is 1. The highest BCUT2D eigenvalue weighted by atomic mass is 16.3. The van der Waals surface area contributed by atoms with E-state index >= 15 is 0 Å². The van der Waals surface area contributed by atoms with E-state index < -0.39 is 0 Å². The third-order valence-electron chi connectivity index (χ3n) is 4.76. The molecule has 3 aromatic heterocycles. The molecule has 8 nitrogen and oxygen atoms in total. The van der Waals surface area contributed by atoms with E-state index in [9.17, 15) is 9.90 Å². The summed E-state index contributed by atoms with van der Waals surface area (Å²) in [4.78, 5) is 25.9. The first-order chi connectivity index (χ1) is 11.6. The minimum absolute atomic E-state index is 0. The van der Waals surface area contributed by atoms with Crippen molar-refractivity contribution >= 4 is 16.7 Å². The van der Waals surface area contributed by atoms with Crippen LogP contribution < -0.4 is 10.0 Å². The van der Waals surface area contributed by atoms with E-state index in [1.807, 2.05) is 7.05 Å². The zero-order valence-electron chi connectivity index (χ0n) is 13.8. The maximum Gasteiger partial charge on any atom is 0.323 e. The average Bonchev–Trinajstić information content (AvgIpc) is 3.03. The molecule has 2 N–H and O–H groups in total. The van der Waals surface area contributed by atoms with Crippen LogP contribution in [-0.2, 0) is 0 Å². The summed E-state index contributed by atoms with van der Waals surface area (Å²) >= 11 is 0. The van der Waals surface area contributed by atoms with Gasteiger partial charge < -0.3 is 10.6 Å². The minimum atomic E-state index is -0.288. The van der Waals surface area contributed by atoms with Gasteiger partial charge in [0, 0.05) is 31.4 Å². The second-order valence-corrected chi connectivity index (χ2v) is 6.33. The fourth-order valence-electron chi connectivity index (χ4n) is 3.55. The Labute approximate surface area is 143 Å². The molecule has 0 spiro atoms. The van der Waals surface area contributed by atoms with Crippen LogP contribution >= 0.6 is 0 Å². The number of hydrogen-bond donors (Lipinski definition) is 1. The summed E-state index contributed by atoms with van der Waals surface area (Å²) in [6.07, 6.45) is 8.28. The monoisotopic (exact) mass is 341 g/mol. The van der Waals surface area contributed by atoms with E-state index in [2.05, 4.69) is 15.0 Å². The summed E-state index contributed by atoms with van der Waals surface area (Å²) in [5, 5.41) is 11.4. The highest BCUT2D eigenvalue weighted by Gasteiger charge is 2.37. The number of pyridine rings is 2. The SMILES string of the molecule is C[N+]1(c2c(O)c3cccnc3n(-c3cnccn3)c2=O)CCCC1.[OH-]. The van der Waals surface area contributed by atoms with Gasteiger partial charge in [0.2, 0.25) is 5.69 Å². The van der Waals surface area contributed by atoms with Gasteiger partial charge in [-0.15, -0.1) is 0 Å². The van der Waals surface area contributed by atoms with E-state index in [0.717, 1.165) is 25.9 Å². The summed E-state index contributed by atoms with van der Waals surface area (Å²) in [7, 11) is 1.99. The van der Waals surface area contributed by atoms with Gasteiger partial charge >= 0.3 is 5.56 Å². The summed E-state index contributed by atoms with van der Waals surface area (Å²) in [5.41, 5.74) is 0.498. The van der Waals surface area contributed by atoms with Crippen LogP contribution in [-0.4, -0.2) is 50.2 Å². The molecule has 0 radical (unpaired) electrons. The molecule has 0 saturated carbocycles. The molecular formula is C17H19N5O3. The molecule has 0 amide bonds. The molecule has 4 heterocycles. The Morgan fingerprint density at radius 2 is 1.92 bits per heavy atom. The summed E-state index contributed by atoms with van der Waals surface area (Å²) in [6.45, 7) is 1.66. The van der Waals surface area contributed by atoms with Gasteiger partial charge in [0.25, 0.3) is 0 Å². The molecule has 0 atom stereocenters. The fourth-order valence-corrected chi connectivity index (χ4v) is 3.55. The van der Waals surface area contributed by atoms with Crippen LogP contribution in [0.3, 0.4) is 0 Å². The van der Waals surface area contributed by atoms with Crippen molar-refractivity contribution in [3.8, 4) is 11.6 Å². The first-order valence-corrected chi connectivity index (χ1v) is 7.96. The molecule has 1 saturated heterocycles. The van der Waals surface area contributed by atoms with E-state index in [4.69, 9.17) is 0 Å². The van der Waals surface area contributed by atoms with E-state index in [-0.39, 0.29) is 16.8 Å². The number of fused-ring (bicyclic) bond motifs is 1. The number of nitrogens with zero attached hydrogens (tertiary/aromatic N) is 5. The van der Waals surface area contributed by atoms with Crippen LogP contribution in [0.15, 0.2) is 41.7 Å². The molecule has 1 aliphatic rings. The van der Waals surface area contributed by atoms with Crippen molar-refractivity contribution in [2.75, 3.05) is 20.1 Å². The van der Waals surface area contributed by atoms with Crippen molar-refractivity contribution in [3.05, 3.63) is 47.3 Å². The third-order valence-corrected chi connectivity index (χ3v) is 4.76. The number of aromatic hydroxyl groups is 1. The Morgan fingerprint density at radius 3 is 2.60 bits per heavy atom. The Kier molecular flexibility index (Phi) is 4.23.